The first-order valence-corrected chi connectivity index (χ1v) is 8.62. The molecule has 6 nitrogen and oxygen atoms in total. The summed E-state index contributed by atoms with van der Waals surface area (Å²) >= 11 is 0. The Morgan fingerprint density at radius 1 is 0.931 bits per heavy atom. The Kier molecular flexibility index (Phi) is 6.03. The number of aromatic carboxylic acids is 1. The molecule has 1 amide bonds. The second-order valence-electron chi connectivity index (χ2n) is 5.98. The Bertz CT molecular complexity index is 1100. The number of anilines is 1. The Hall–Kier alpha value is -4.37. The van der Waals surface area contributed by atoms with Crippen LogP contribution in [0.4, 0.5) is 5.69 Å². The van der Waals surface area contributed by atoms with E-state index in [-0.39, 0.29) is 11.1 Å². The van der Waals surface area contributed by atoms with Crippen molar-refractivity contribution in [1.29, 1.82) is 5.26 Å². The molecule has 3 aromatic rings. The third-order valence-electron chi connectivity index (χ3n) is 3.89. The Balaban J connectivity index is 1.75. The molecule has 0 aliphatic carbocycles. The maximum absolute atomic E-state index is 12.4. The highest BCUT2D eigenvalue weighted by Crippen LogP contribution is 2.23. The van der Waals surface area contributed by atoms with Crippen LogP contribution >= 0.6 is 0 Å². The molecular formula is C23H15N2O4-. The zero-order chi connectivity index (χ0) is 20.6. The topological polar surface area (TPSA) is 102 Å². The number of para-hydroxylation sites is 1. The van der Waals surface area contributed by atoms with Crippen molar-refractivity contribution in [3.63, 3.8) is 0 Å². The van der Waals surface area contributed by atoms with Gasteiger partial charge in [-0.25, -0.2) is 0 Å². The molecule has 1 N–H and O–H groups in total. The summed E-state index contributed by atoms with van der Waals surface area (Å²) in [4.78, 5) is 23.2. The molecule has 0 heterocycles. The molecule has 0 aromatic heterocycles. The summed E-state index contributed by atoms with van der Waals surface area (Å²) in [7, 11) is 0. The number of benzene rings is 3. The largest absolute Gasteiger partial charge is 0.545 e. The van der Waals surface area contributed by atoms with E-state index in [0.717, 1.165) is 0 Å². The van der Waals surface area contributed by atoms with Gasteiger partial charge in [0, 0.05) is 5.69 Å². The van der Waals surface area contributed by atoms with Gasteiger partial charge >= 0.3 is 0 Å². The molecule has 0 unspecified atom stereocenters. The van der Waals surface area contributed by atoms with Gasteiger partial charge in [0.2, 0.25) is 0 Å². The first-order valence-electron chi connectivity index (χ1n) is 8.62. The Labute approximate surface area is 167 Å². The van der Waals surface area contributed by atoms with Crippen LogP contribution in [0.25, 0.3) is 6.08 Å². The molecule has 0 atom stereocenters. The van der Waals surface area contributed by atoms with Gasteiger partial charge in [-0.15, -0.1) is 0 Å². The van der Waals surface area contributed by atoms with E-state index in [9.17, 15) is 20.0 Å². The minimum Gasteiger partial charge on any atom is -0.545 e. The lowest BCUT2D eigenvalue weighted by Gasteiger charge is -2.07. The van der Waals surface area contributed by atoms with E-state index in [2.05, 4.69) is 5.32 Å². The van der Waals surface area contributed by atoms with Crippen LogP contribution < -0.4 is 15.2 Å². The van der Waals surface area contributed by atoms with Gasteiger partial charge in [-0.2, -0.15) is 5.26 Å². The average molecular weight is 383 g/mol. The second-order valence-corrected chi connectivity index (χ2v) is 5.98. The van der Waals surface area contributed by atoms with Crippen molar-refractivity contribution in [2.75, 3.05) is 5.32 Å². The lowest BCUT2D eigenvalue weighted by Crippen LogP contribution is -2.22. The van der Waals surface area contributed by atoms with Gasteiger partial charge in [-0.3, -0.25) is 4.79 Å². The molecule has 0 aliphatic rings. The number of carboxylic acids is 1. The van der Waals surface area contributed by atoms with Gasteiger partial charge in [0.05, 0.1) is 5.97 Å². The van der Waals surface area contributed by atoms with Crippen LogP contribution in [-0.2, 0) is 4.79 Å². The van der Waals surface area contributed by atoms with E-state index < -0.39 is 11.9 Å². The number of rotatable bonds is 6. The molecule has 0 radical (unpaired) electrons. The number of hydrogen-bond donors (Lipinski definition) is 1. The van der Waals surface area contributed by atoms with E-state index in [4.69, 9.17) is 4.74 Å². The molecule has 0 saturated heterocycles. The van der Waals surface area contributed by atoms with Crippen LogP contribution in [0.3, 0.4) is 0 Å². The summed E-state index contributed by atoms with van der Waals surface area (Å²) in [6, 6.07) is 23.6. The fourth-order valence-corrected chi connectivity index (χ4v) is 2.50. The lowest BCUT2D eigenvalue weighted by molar-refractivity contribution is -0.255. The van der Waals surface area contributed by atoms with E-state index in [1.54, 1.807) is 24.3 Å². The van der Waals surface area contributed by atoms with Crippen molar-refractivity contribution in [3.8, 4) is 17.6 Å². The second kappa shape index (κ2) is 9.02. The number of nitrogens with zero attached hydrogens (tertiary/aromatic N) is 1. The molecule has 142 valence electrons. The minimum absolute atomic E-state index is 0.00530. The Morgan fingerprint density at radius 3 is 2.28 bits per heavy atom. The van der Waals surface area contributed by atoms with Gasteiger partial charge in [0.1, 0.15) is 23.1 Å². The summed E-state index contributed by atoms with van der Waals surface area (Å²) in [5.41, 5.74) is 0.875. The summed E-state index contributed by atoms with van der Waals surface area (Å²) in [5.74, 6) is -0.673. The summed E-state index contributed by atoms with van der Waals surface area (Å²) < 4.78 is 5.76. The van der Waals surface area contributed by atoms with Crippen LogP contribution in [0, 0.1) is 11.3 Å². The number of hydrogen-bond acceptors (Lipinski definition) is 5. The van der Waals surface area contributed by atoms with Gasteiger partial charge in [0.25, 0.3) is 5.91 Å². The van der Waals surface area contributed by atoms with Crippen molar-refractivity contribution < 1.29 is 19.4 Å². The minimum atomic E-state index is -1.31. The highest BCUT2D eigenvalue weighted by Gasteiger charge is 2.10. The molecule has 6 heteroatoms. The highest BCUT2D eigenvalue weighted by atomic mass is 16.5. The number of carbonyl (C=O) groups is 2. The number of carboxylic acid groups (broad SMARTS) is 1. The number of amides is 1. The maximum Gasteiger partial charge on any atom is 0.266 e. The molecule has 29 heavy (non-hydrogen) atoms. The first-order chi connectivity index (χ1) is 14.0. The number of nitriles is 1. The lowest BCUT2D eigenvalue weighted by atomic mass is 10.1. The number of ether oxygens (including phenoxy) is 1. The van der Waals surface area contributed by atoms with Crippen molar-refractivity contribution in [1.82, 2.24) is 0 Å². The summed E-state index contributed by atoms with van der Waals surface area (Å²) in [6.45, 7) is 0. The van der Waals surface area contributed by atoms with Gasteiger partial charge < -0.3 is 20.0 Å². The number of nitrogens with one attached hydrogen (secondary N) is 1. The van der Waals surface area contributed by atoms with E-state index in [1.807, 2.05) is 36.4 Å². The summed E-state index contributed by atoms with van der Waals surface area (Å²) in [6.07, 6.45) is 1.45. The maximum atomic E-state index is 12.4. The highest BCUT2D eigenvalue weighted by molar-refractivity contribution is 6.09. The molecular weight excluding hydrogens is 368 g/mol. The van der Waals surface area contributed by atoms with Crippen molar-refractivity contribution in [2.45, 2.75) is 0 Å². The molecule has 3 rings (SSSR count). The van der Waals surface area contributed by atoms with Crippen molar-refractivity contribution >= 4 is 23.6 Å². The predicted molar refractivity (Wildman–Crippen MR) is 106 cm³/mol. The van der Waals surface area contributed by atoms with Crippen molar-refractivity contribution in [2.24, 2.45) is 0 Å². The van der Waals surface area contributed by atoms with Crippen LogP contribution in [-0.4, -0.2) is 11.9 Å². The van der Waals surface area contributed by atoms with Crippen LogP contribution in [0.1, 0.15) is 15.9 Å². The van der Waals surface area contributed by atoms with Crippen LogP contribution in [0.5, 0.6) is 11.5 Å². The monoisotopic (exact) mass is 383 g/mol. The van der Waals surface area contributed by atoms with E-state index >= 15 is 0 Å². The molecule has 0 fully saturated rings. The third-order valence-corrected chi connectivity index (χ3v) is 3.89. The Morgan fingerprint density at radius 2 is 1.62 bits per heavy atom. The van der Waals surface area contributed by atoms with Gasteiger partial charge in [-0.1, -0.05) is 42.5 Å². The standard InChI is InChI=1S/C23H16N2O4/c24-15-18(22(26)25-19-11-9-17(10-12-19)23(27)28)13-16-5-4-8-21(14-16)29-20-6-2-1-3-7-20/h1-14H,(H,25,26)(H,27,28)/p-1/b18-13+. The normalized spacial score (nSPS) is 10.7. The zero-order valence-electron chi connectivity index (χ0n) is 15.2. The van der Waals surface area contributed by atoms with E-state index in [0.29, 0.717) is 22.7 Å². The van der Waals surface area contributed by atoms with Crippen molar-refractivity contribution in [3.05, 3.63) is 95.6 Å². The predicted octanol–water partition coefficient (Wildman–Crippen LogP) is 3.39. The van der Waals surface area contributed by atoms with Gasteiger partial charge in [-0.05, 0) is 53.6 Å². The molecule has 0 saturated carbocycles. The van der Waals surface area contributed by atoms with Crippen LogP contribution in [0.15, 0.2) is 84.4 Å². The third kappa shape index (κ3) is 5.31. The summed E-state index contributed by atoms with van der Waals surface area (Å²) in [5, 5.41) is 22.7. The van der Waals surface area contributed by atoms with Gasteiger partial charge in [0.15, 0.2) is 0 Å². The molecule has 0 bridgehead atoms. The quantitative estimate of drug-likeness (QED) is 0.519. The fraction of sp³-hybridized carbons (Fsp3) is 0. The number of carbonyl (C=O) groups excluding carboxylic acids is 2. The average Bonchev–Trinajstić information content (AvgIpc) is 2.73. The molecule has 0 spiro atoms. The van der Waals surface area contributed by atoms with E-state index in [1.165, 1.54) is 30.3 Å². The SMILES string of the molecule is N#C/C(=C\c1cccc(Oc2ccccc2)c1)C(=O)Nc1ccc(C(=O)[O-])cc1. The fourth-order valence-electron chi connectivity index (χ4n) is 2.50. The molecule has 3 aromatic carbocycles. The molecule has 0 aliphatic heterocycles. The van der Waals surface area contributed by atoms with Crippen LogP contribution in [0.2, 0.25) is 0 Å². The smallest absolute Gasteiger partial charge is 0.266 e. The zero-order valence-corrected chi connectivity index (χ0v) is 15.2. The first kappa shape index (κ1) is 19.4.